The highest BCUT2D eigenvalue weighted by Crippen LogP contribution is 2.24. The van der Waals surface area contributed by atoms with Gasteiger partial charge in [0.25, 0.3) is 5.91 Å². The van der Waals surface area contributed by atoms with Crippen LogP contribution in [0.3, 0.4) is 0 Å². The van der Waals surface area contributed by atoms with E-state index in [-0.39, 0.29) is 12.0 Å². The van der Waals surface area contributed by atoms with E-state index in [1.165, 1.54) is 0 Å². The molecular weight excluding hydrogens is 320 g/mol. The number of carbonyl (C=O) groups excluding carboxylic acids is 2. The maximum absolute atomic E-state index is 12.9. The highest BCUT2D eigenvalue weighted by atomic mass is 16.6. The smallest absolute Gasteiger partial charge is 0.409 e. The van der Waals surface area contributed by atoms with Crippen LogP contribution < -0.4 is 4.74 Å². The quantitative estimate of drug-likeness (QED) is 0.839. The Morgan fingerprint density at radius 1 is 0.960 bits per heavy atom. The Balaban J connectivity index is 2.10. The van der Waals surface area contributed by atoms with Crippen molar-refractivity contribution in [3.63, 3.8) is 0 Å². The summed E-state index contributed by atoms with van der Waals surface area (Å²) in [5, 5.41) is 0. The molecule has 6 heteroatoms. The van der Waals surface area contributed by atoms with E-state index >= 15 is 0 Å². The van der Waals surface area contributed by atoms with E-state index in [9.17, 15) is 9.59 Å². The Kier molecular flexibility index (Phi) is 6.67. The first-order valence-corrected chi connectivity index (χ1v) is 8.92. The Morgan fingerprint density at radius 3 is 2.32 bits per heavy atom. The molecule has 0 spiro atoms. The van der Waals surface area contributed by atoms with Crippen molar-refractivity contribution in [2.24, 2.45) is 0 Å². The zero-order valence-electron chi connectivity index (χ0n) is 15.6. The van der Waals surface area contributed by atoms with Gasteiger partial charge in [0.2, 0.25) is 0 Å². The van der Waals surface area contributed by atoms with Gasteiger partial charge in [0.05, 0.1) is 13.2 Å². The average Bonchev–Trinajstić information content (AvgIpc) is 2.84. The highest BCUT2D eigenvalue weighted by molar-refractivity contribution is 5.96. The van der Waals surface area contributed by atoms with Crippen LogP contribution in [0.1, 0.15) is 41.8 Å². The minimum Gasteiger partial charge on any atom is -0.494 e. The van der Waals surface area contributed by atoms with Crippen LogP contribution in [0.2, 0.25) is 0 Å². The molecule has 1 aliphatic rings. The first-order chi connectivity index (χ1) is 12.0. The molecule has 1 saturated heterocycles. The van der Waals surface area contributed by atoms with Crippen LogP contribution in [-0.4, -0.2) is 61.2 Å². The first kappa shape index (κ1) is 19.1. The van der Waals surface area contributed by atoms with E-state index in [4.69, 9.17) is 9.47 Å². The summed E-state index contributed by atoms with van der Waals surface area (Å²) in [6, 6.07) is 3.82. The van der Waals surface area contributed by atoms with Crippen LogP contribution in [-0.2, 0) is 4.74 Å². The van der Waals surface area contributed by atoms with Gasteiger partial charge in [0.1, 0.15) is 5.75 Å². The maximum Gasteiger partial charge on any atom is 0.409 e. The van der Waals surface area contributed by atoms with Gasteiger partial charge in [-0.25, -0.2) is 4.79 Å². The minimum atomic E-state index is -0.301. The molecule has 1 heterocycles. The molecule has 0 aliphatic carbocycles. The molecule has 0 saturated carbocycles. The van der Waals surface area contributed by atoms with Gasteiger partial charge in [-0.05, 0) is 57.4 Å². The number of ether oxygens (including phenoxy) is 2. The predicted octanol–water partition coefficient (Wildman–Crippen LogP) is 3.01. The largest absolute Gasteiger partial charge is 0.494 e. The van der Waals surface area contributed by atoms with Crippen molar-refractivity contribution in [2.75, 3.05) is 39.4 Å². The van der Waals surface area contributed by atoms with Gasteiger partial charge in [-0.2, -0.15) is 0 Å². The van der Waals surface area contributed by atoms with Crippen LogP contribution in [0.15, 0.2) is 12.1 Å². The van der Waals surface area contributed by atoms with E-state index < -0.39 is 0 Å². The van der Waals surface area contributed by atoms with Crippen molar-refractivity contribution >= 4 is 12.0 Å². The molecule has 0 N–H and O–H groups in total. The lowest BCUT2D eigenvalue weighted by Crippen LogP contribution is -2.37. The molecule has 0 atom stereocenters. The molecule has 2 rings (SSSR count). The maximum atomic E-state index is 12.9. The zero-order chi connectivity index (χ0) is 18.4. The van der Waals surface area contributed by atoms with Crippen LogP contribution in [0, 0.1) is 13.8 Å². The number of rotatable bonds is 4. The van der Waals surface area contributed by atoms with E-state index in [0.29, 0.717) is 45.0 Å². The summed E-state index contributed by atoms with van der Waals surface area (Å²) in [6.07, 6.45) is 0.449. The van der Waals surface area contributed by atoms with Gasteiger partial charge < -0.3 is 19.3 Å². The number of amides is 2. The summed E-state index contributed by atoms with van der Waals surface area (Å²) in [5.41, 5.74) is 2.56. The highest BCUT2D eigenvalue weighted by Gasteiger charge is 2.24. The van der Waals surface area contributed by atoms with Gasteiger partial charge in [-0.1, -0.05) is 0 Å². The molecule has 1 fully saturated rings. The van der Waals surface area contributed by atoms with Crippen molar-refractivity contribution in [1.29, 1.82) is 0 Å². The number of carbonyl (C=O) groups is 2. The van der Waals surface area contributed by atoms with Gasteiger partial charge >= 0.3 is 6.09 Å². The van der Waals surface area contributed by atoms with E-state index in [1.54, 1.807) is 11.8 Å². The summed E-state index contributed by atoms with van der Waals surface area (Å²) < 4.78 is 10.7. The summed E-state index contributed by atoms with van der Waals surface area (Å²) in [6.45, 7) is 10.9. The number of hydrogen-bond acceptors (Lipinski definition) is 4. The van der Waals surface area contributed by atoms with Crippen molar-refractivity contribution in [1.82, 2.24) is 9.80 Å². The minimum absolute atomic E-state index is 0.00866. The number of aryl methyl sites for hydroxylation is 2. The SMILES string of the molecule is CCOC(=O)N1CCCN(C(=O)c2cc(C)c(OCC)cc2C)CC1. The Labute approximate surface area is 149 Å². The second-order valence-electron chi connectivity index (χ2n) is 6.20. The normalized spacial score (nSPS) is 14.9. The van der Waals surface area contributed by atoms with Crippen LogP contribution in [0.25, 0.3) is 0 Å². The molecule has 2 amide bonds. The number of nitrogens with zero attached hydrogens (tertiary/aromatic N) is 2. The molecule has 1 aromatic rings. The lowest BCUT2D eigenvalue weighted by Gasteiger charge is -2.23. The van der Waals surface area contributed by atoms with E-state index in [1.807, 2.05) is 37.8 Å². The lowest BCUT2D eigenvalue weighted by molar-refractivity contribution is 0.0752. The van der Waals surface area contributed by atoms with Crippen LogP contribution in [0.4, 0.5) is 4.79 Å². The molecule has 1 aliphatic heterocycles. The molecule has 6 nitrogen and oxygen atoms in total. The first-order valence-electron chi connectivity index (χ1n) is 8.92. The molecule has 138 valence electrons. The fourth-order valence-electron chi connectivity index (χ4n) is 3.02. The van der Waals surface area contributed by atoms with Gasteiger partial charge in [0, 0.05) is 31.7 Å². The summed E-state index contributed by atoms with van der Waals surface area (Å²) in [5.74, 6) is 0.829. The predicted molar refractivity (Wildman–Crippen MR) is 96.2 cm³/mol. The Morgan fingerprint density at radius 2 is 1.64 bits per heavy atom. The number of hydrogen-bond donors (Lipinski definition) is 0. The van der Waals surface area contributed by atoms with Crippen molar-refractivity contribution < 1.29 is 19.1 Å². The van der Waals surface area contributed by atoms with Crippen molar-refractivity contribution in [3.05, 3.63) is 28.8 Å². The topological polar surface area (TPSA) is 59.1 Å². The van der Waals surface area contributed by atoms with Gasteiger partial charge in [0.15, 0.2) is 0 Å². The Hall–Kier alpha value is -2.24. The summed E-state index contributed by atoms with van der Waals surface area (Å²) in [7, 11) is 0. The summed E-state index contributed by atoms with van der Waals surface area (Å²) >= 11 is 0. The van der Waals surface area contributed by atoms with E-state index in [2.05, 4.69) is 0 Å². The molecule has 25 heavy (non-hydrogen) atoms. The van der Waals surface area contributed by atoms with Gasteiger partial charge in [-0.15, -0.1) is 0 Å². The third-order valence-electron chi connectivity index (χ3n) is 4.36. The van der Waals surface area contributed by atoms with Crippen molar-refractivity contribution in [2.45, 2.75) is 34.1 Å². The van der Waals surface area contributed by atoms with E-state index in [0.717, 1.165) is 23.3 Å². The third-order valence-corrected chi connectivity index (χ3v) is 4.36. The van der Waals surface area contributed by atoms with Crippen molar-refractivity contribution in [3.8, 4) is 5.75 Å². The standard InChI is InChI=1S/C19H28N2O4/c1-5-24-17-13-14(3)16(12-15(17)4)18(22)20-8-7-9-21(11-10-20)19(23)25-6-2/h12-13H,5-11H2,1-4H3. The third kappa shape index (κ3) is 4.65. The fraction of sp³-hybridized carbons (Fsp3) is 0.579. The number of benzene rings is 1. The molecule has 0 radical (unpaired) electrons. The molecule has 1 aromatic carbocycles. The second-order valence-corrected chi connectivity index (χ2v) is 6.20. The second kappa shape index (κ2) is 8.74. The average molecular weight is 348 g/mol. The fourth-order valence-corrected chi connectivity index (χ4v) is 3.02. The zero-order valence-corrected chi connectivity index (χ0v) is 15.6. The molecule has 0 bridgehead atoms. The molecular formula is C19H28N2O4. The summed E-state index contributed by atoms with van der Waals surface area (Å²) in [4.78, 5) is 28.3. The van der Waals surface area contributed by atoms with Crippen LogP contribution >= 0.6 is 0 Å². The lowest BCUT2D eigenvalue weighted by atomic mass is 10.0. The Bertz CT molecular complexity index is 630. The molecule has 0 unspecified atom stereocenters. The molecule has 0 aromatic heterocycles. The monoisotopic (exact) mass is 348 g/mol. The van der Waals surface area contributed by atoms with Gasteiger partial charge in [-0.3, -0.25) is 4.79 Å². The van der Waals surface area contributed by atoms with Crippen LogP contribution in [0.5, 0.6) is 5.75 Å².